The van der Waals surface area contributed by atoms with Crippen LogP contribution < -0.4 is 10.5 Å². The molecule has 3 heterocycles. The van der Waals surface area contributed by atoms with E-state index < -0.39 is 25.9 Å². The zero-order valence-electron chi connectivity index (χ0n) is 21.7. The Morgan fingerprint density at radius 1 is 0.771 bits per heavy atom. The van der Waals surface area contributed by atoms with Gasteiger partial charge in [-0.2, -0.15) is 0 Å². The minimum Gasteiger partial charge on any atom is -0.342 e. The topological polar surface area (TPSA) is 58.2 Å². The fourth-order valence-corrected chi connectivity index (χ4v) is 8.48. The van der Waals surface area contributed by atoms with Gasteiger partial charge in [0, 0.05) is 12.6 Å². The summed E-state index contributed by atoms with van der Waals surface area (Å²) in [6.07, 6.45) is -1.55. The van der Waals surface area contributed by atoms with Crippen molar-refractivity contribution >= 4 is 13.3 Å². The van der Waals surface area contributed by atoms with Gasteiger partial charge in [0.2, 0.25) is 0 Å². The standard InChI is InChI=1S/C28H39NO5Si/c1-27(2)31-23-22(30-26-25(24(23)32-27)33-28(3,4)34-26)21(29-17-19-13-9-7-10-14-19)18-35(5,6)20-15-11-8-12-16-20/h7-16,21-26,29H,17-18H2,1-6H3/t21-,22+,23-,24-,25+,26+/m0/s1. The van der Waals surface area contributed by atoms with Crippen molar-refractivity contribution in [3.05, 3.63) is 66.2 Å². The average Bonchev–Trinajstić information content (AvgIpc) is 3.31. The van der Waals surface area contributed by atoms with Gasteiger partial charge in [0.1, 0.15) is 24.4 Å². The van der Waals surface area contributed by atoms with E-state index in [1.807, 2.05) is 33.8 Å². The summed E-state index contributed by atoms with van der Waals surface area (Å²) in [6.45, 7) is 13.4. The predicted molar refractivity (Wildman–Crippen MR) is 138 cm³/mol. The van der Waals surface area contributed by atoms with Gasteiger partial charge in [0.05, 0.1) is 8.07 Å². The maximum absolute atomic E-state index is 6.69. The van der Waals surface area contributed by atoms with E-state index in [9.17, 15) is 0 Å². The van der Waals surface area contributed by atoms with Crippen LogP contribution in [-0.4, -0.2) is 56.4 Å². The Kier molecular flexibility index (Phi) is 6.72. The summed E-state index contributed by atoms with van der Waals surface area (Å²) in [7, 11) is -1.82. The van der Waals surface area contributed by atoms with Crippen molar-refractivity contribution in [2.75, 3.05) is 0 Å². The van der Waals surface area contributed by atoms with E-state index in [4.69, 9.17) is 23.7 Å². The highest BCUT2D eigenvalue weighted by atomic mass is 28.3. The van der Waals surface area contributed by atoms with Gasteiger partial charge in [-0.25, -0.2) is 0 Å². The molecule has 190 valence electrons. The molecular formula is C28H39NO5Si. The lowest BCUT2D eigenvalue weighted by Crippen LogP contribution is -2.62. The van der Waals surface area contributed by atoms with Crippen LogP contribution in [0.1, 0.15) is 33.3 Å². The fourth-order valence-electron chi connectivity index (χ4n) is 5.67. The minimum absolute atomic E-state index is 0.0512. The van der Waals surface area contributed by atoms with Crippen molar-refractivity contribution in [2.45, 2.75) is 102 Å². The molecule has 0 unspecified atom stereocenters. The van der Waals surface area contributed by atoms with Crippen LogP contribution in [0.4, 0.5) is 0 Å². The van der Waals surface area contributed by atoms with Crippen LogP contribution in [0.25, 0.3) is 0 Å². The Morgan fingerprint density at radius 3 is 2.03 bits per heavy atom. The Labute approximate surface area is 210 Å². The molecule has 35 heavy (non-hydrogen) atoms. The average molecular weight is 498 g/mol. The van der Waals surface area contributed by atoms with Crippen molar-refractivity contribution in [3.63, 3.8) is 0 Å². The second-order valence-corrected chi connectivity index (χ2v) is 16.3. The number of ether oxygens (including phenoxy) is 5. The van der Waals surface area contributed by atoms with Gasteiger partial charge in [-0.3, -0.25) is 0 Å². The molecule has 6 nitrogen and oxygen atoms in total. The van der Waals surface area contributed by atoms with Gasteiger partial charge in [0.25, 0.3) is 0 Å². The van der Waals surface area contributed by atoms with Crippen LogP contribution in [0.3, 0.4) is 0 Å². The molecule has 1 N–H and O–H groups in total. The lowest BCUT2D eigenvalue weighted by Gasteiger charge is -2.43. The summed E-state index contributed by atoms with van der Waals surface area (Å²) in [6, 6.07) is 22.4. The Balaban J connectivity index is 1.45. The maximum Gasteiger partial charge on any atom is 0.190 e. The van der Waals surface area contributed by atoms with E-state index in [1.165, 1.54) is 10.8 Å². The van der Waals surface area contributed by atoms with Crippen LogP contribution >= 0.6 is 0 Å². The Hall–Kier alpha value is -1.58. The summed E-state index contributed by atoms with van der Waals surface area (Å²) < 4.78 is 32.0. The number of hydrogen-bond donors (Lipinski definition) is 1. The van der Waals surface area contributed by atoms with Crippen molar-refractivity contribution in [2.24, 2.45) is 0 Å². The summed E-state index contributed by atoms with van der Waals surface area (Å²) in [5.41, 5.74) is 1.24. The Bertz CT molecular complexity index is 999. The van der Waals surface area contributed by atoms with Crippen LogP contribution in [0.15, 0.2) is 60.7 Å². The molecule has 3 aliphatic rings. The van der Waals surface area contributed by atoms with Gasteiger partial charge in [0.15, 0.2) is 17.9 Å². The normalized spacial score (nSPS) is 32.1. The molecule has 0 aliphatic carbocycles. The highest BCUT2D eigenvalue weighted by Gasteiger charge is 2.62. The molecule has 0 amide bonds. The molecule has 5 rings (SSSR count). The zero-order valence-corrected chi connectivity index (χ0v) is 22.7. The Morgan fingerprint density at radius 2 is 1.34 bits per heavy atom. The molecule has 0 aromatic heterocycles. The maximum atomic E-state index is 6.69. The number of hydrogen-bond acceptors (Lipinski definition) is 6. The number of benzene rings is 2. The van der Waals surface area contributed by atoms with Crippen molar-refractivity contribution in [3.8, 4) is 0 Å². The third-order valence-corrected chi connectivity index (χ3v) is 10.6. The highest BCUT2D eigenvalue weighted by molar-refractivity contribution is 6.89. The van der Waals surface area contributed by atoms with E-state index in [0.29, 0.717) is 0 Å². The van der Waals surface area contributed by atoms with Crippen molar-refractivity contribution in [1.29, 1.82) is 0 Å². The SMILES string of the molecule is CC1(C)O[C@@H]2[C@H](O1)[C@H]1OC(C)(C)O[C@H]1O[C@@H]2[C@H](C[Si](C)(C)c1ccccc1)NCc1ccccc1. The lowest BCUT2D eigenvalue weighted by atomic mass is 9.94. The van der Waals surface area contributed by atoms with E-state index in [1.54, 1.807) is 0 Å². The molecular weight excluding hydrogens is 458 g/mol. The van der Waals surface area contributed by atoms with E-state index in [0.717, 1.165) is 12.6 Å². The van der Waals surface area contributed by atoms with Gasteiger partial charge in [-0.05, 0) is 39.3 Å². The first-order chi connectivity index (χ1) is 16.5. The first-order valence-corrected chi connectivity index (χ1v) is 15.9. The molecule has 0 saturated carbocycles. The fraction of sp³-hybridized carbons (Fsp3) is 0.571. The lowest BCUT2D eigenvalue weighted by molar-refractivity contribution is -0.238. The molecule has 2 aromatic carbocycles. The monoisotopic (exact) mass is 497 g/mol. The number of rotatable bonds is 7. The number of nitrogens with one attached hydrogen (secondary N) is 1. The highest BCUT2D eigenvalue weighted by Crippen LogP contribution is 2.45. The second-order valence-electron chi connectivity index (χ2n) is 11.6. The van der Waals surface area contributed by atoms with Crippen LogP contribution in [-0.2, 0) is 30.2 Å². The van der Waals surface area contributed by atoms with Crippen LogP contribution in [0.5, 0.6) is 0 Å². The molecule has 0 spiro atoms. The van der Waals surface area contributed by atoms with Crippen LogP contribution in [0.2, 0.25) is 19.1 Å². The summed E-state index contributed by atoms with van der Waals surface area (Å²) in [4.78, 5) is 0. The smallest absolute Gasteiger partial charge is 0.190 e. The third-order valence-electron chi connectivity index (χ3n) is 7.28. The van der Waals surface area contributed by atoms with E-state index in [-0.39, 0.29) is 30.5 Å². The largest absolute Gasteiger partial charge is 0.342 e. The number of fused-ring (bicyclic) bond motifs is 3. The first-order valence-electron chi connectivity index (χ1n) is 12.7. The predicted octanol–water partition coefficient (Wildman–Crippen LogP) is 4.16. The molecule has 0 radical (unpaired) electrons. The molecule has 0 bridgehead atoms. The van der Waals surface area contributed by atoms with E-state index >= 15 is 0 Å². The summed E-state index contributed by atoms with van der Waals surface area (Å²) in [5, 5.41) is 5.28. The quantitative estimate of drug-likeness (QED) is 0.580. The summed E-state index contributed by atoms with van der Waals surface area (Å²) >= 11 is 0. The van der Waals surface area contributed by atoms with Gasteiger partial charge in [-0.15, -0.1) is 0 Å². The van der Waals surface area contributed by atoms with Gasteiger partial charge >= 0.3 is 0 Å². The van der Waals surface area contributed by atoms with Crippen LogP contribution in [0, 0.1) is 0 Å². The first kappa shape index (κ1) is 25.1. The summed E-state index contributed by atoms with van der Waals surface area (Å²) in [5.74, 6) is -1.44. The van der Waals surface area contributed by atoms with Crippen molar-refractivity contribution < 1.29 is 23.7 Å². The molecule has 3 saturated heterocycles. The van der Waals surface area contributed by atoms with Gasteiger partial charge in [-0.1, -0.05) is 78.9 Å². The van der Waals surface area contributed by atoms with Gasteiger partial charge < -0.3 is 29.0 Å². The molecule has 7 heteroatoms. The van der Waals surface area contributed by atoms with E-state index in [2.05, 4.69) is 73.0 Å². The second kappa shape index (κ2) is 9.38. The molecule has 3 aliphatic heterocycles. The third kappa shape index (κ3) is 5.42. The molecule has 2 aromatic rings. The zero-order chi connectivity index (χ0) is 24.8. The minimum atomic E-state index is -1.82. The molecule has 6 atom stereocenters. The molecule has 3 fully saturated rings. The van der Waals surface area contributed by atoms with Crippen molar-refractivity contribution in [1.82, 2.24) is 5.32 Å².